The summed E-state index contributed by atoms with van der Waals surface area (Å²) in [5.41, 5.74) is 2.08. The van der Waals surface area contributed by atoms with Crippen LogP contribution in [0.25, 0.3) is 11.0 Å². The molecule has 2 saturated heterocycles. The third-order valence-electron chi connectivity index (χ3n) is 6.48. The minimum absolute atomic E-state index is 0.0446. The van der Waals surface area contributed by atoms with E-state index >= 15 is 0 Å². The number of imidazole rings is 1. The van der Waals surface area contributed by atoms with Gasteiger partial charge in [-0.05, 0) is 44.7 Å². The zero-order chi connectivity index (χ0) is 22.8. The van der Waals surface area contributed by atoms with Gasteiger partial charge in [0.1, 0.15) is 5.82 Å². The van der Waals surface area contributed by atoms with Crippen molar-refractivity contribution in [2.45, 2.75) is 82.8 Å². The van der Waals surface area contributed by atoms with Gasteiger partial charge in [-0.15, -0.1) is 0 Å². The van der Waals surface area contributed by atoms with Gasteiger partial charge in [0.25, 0.3) is 0 Å². The summed E-state index contributed by atoms with van der Waals surface area (Å²) in [4.78, 5) is 29.3. The normalized spacial score (nSPS) is 23.4. The fourth-order valence-electron chi connectivity index (χ4n) is 4.87. The number of amides is 3. The molecule has 0 aliphatic carbocycles. The fourth-order valence-corrected chi connectivity index (χ4v) is 6.42. The van der Waals surface area contributed by atoms with Gasteiger partial charge in [0.05, 0.1) is 29.2 Å². The molecular formula is C24H35N5O2S. The summed E-state index contributed by atoms with van der Waals surface area (Å²) in [6.07, 6.45) is 3.38. The van der Waals surface area contributed by atoms with Crippen LogP contribution in [0.2, 0.25) is 0 Å². The number of thioether (sulfide) groups is 1. The van der Waals surface area contributed by atoms with E-state index in [1.54, 1.807) is 0 Å². The van der Waals surface area contributed by atoms with E-state index in [-0.39, 0.29) is 42.0 Å². The molecule has 0 radical (unpaired) electrons. The predicted octanol–water partition coefficient (Wildman–Crippen LogP) is 4.16. The smallest absolute Gasteiger partial charge is 0.315 e. The molecular weight excluding hydrogens is 422 g/mol. The number of fused-ring (bicyclic) bond motifs is 2. The Labute approximate surface area is 194 Å². The van der Waals surface area contributed by atoms with E-state index in [2.05, 4.69) is 54.3 Å². The van der Waals surface area contributed by atoms with Crippen LogP contribution in [0.5, 0.6) is 0 Å². The van der Waals surface area contributed by atoms with Gasteiger partial charge in [0.2, 0.25) is 5.91 Å². The molecule has 1 aromatic heterocycles. The van der Waals surface area contributed by atoms with Gasteiger partial charge in [-0.3, -0.25) is 4.79 Å². The maximum Gasteiger partial charge on any atom is 0.315 e. The van der Waals surface area contributed by atoms with E-state index in [0.29, 0.717) is 11.7 Å². The highest BCUT2D eigenvalue weighted by Crippen LogP contribution is 2.33. The van der Waals surface area contributed by atoms with Gasteiger partial charge in [0, 0.05) is 23.5 Å². The topological polar surface area (TPSA) is 88.1 Å². The SMILES string of the molecule is CC(C)[C@H](NC(=O)CCCC[C@@H]1SC[C@@H]2NC(=O)N[C@H]21)c1nc2ccccc2n1C(C)C. The Morgan fingerprint density at radius 3 is 2.75 bits per heavy atom. The monoisotopic (exact) mass is 457 g/mol. The first-order valence-corrected chi connectivity index (χ1v) is 12.8. The van der Waals surface area contributed by atoms with Crippen molar-refractivity contribution in [2.24, 2.45) is 5.92 Å². The Kier molecular flexibility index (Phi) is 6.98. The van der Waals surface area contributed by atoms with Crippen molar-refractivity contribution in [1.82, 2.24) is 25.5 Å². The van der Waals surface area contributed by atoms with Crippen molar-refractivity contribution in [3.05, 3.63) is 30.1 Å². The summed E-state index contributed by atoms with van der Waals surface area (Å²) >= 11 is 1.92. The van der Waals surface area contributed by atoms with Crippen LogP contribution in [0.1, 0.15) is 71.3 Å². The Hall–Kier alpha value is -2.22. The van der Waals surface area contributed by atoms with E-state index in [1.807, 2.05) is 30.0 Å². The molecule has 0 spiro atoms. The first-order valence-electron chi connectivity index (χ1n) is 11.8. The lowest BCUT2D eigenvalue weighted by molar-refractivity contribution is -0.122. The Morgan fingerprint density at radius 1 is 1.22 bits per heavy atom. The molecule has 3 amide bonds. The quantitative estimate of drug-likeness (QED) is 0.390. The number of rotatable bonds is 9. The average Bonchev–Trinajstić information content (AvgIpc) is 3.41. The van der Waals surface area contributed by atoms with Gasteiger partial charge < -0.3 is 20.5 Å². The van der Waals surface area contributed by atoms with Gasteiger partial charge in [-0.1, -0.05) is 32.4 Å². The Bertz CT molecular complexity index is 972. The van der Waals surface area contributed by atoms with Crippen LogP contribution in [0.15, 0.2) is 24.3 Å². The number of urea groups is 1. The standard InChI is InChI=1S/C24H35N5O2S/c1-14(2)21(23-25-16-9-5-6-10-18(16)29(23)15(3)4)27-20(30)12-8-7-11-19-22-17(13-32-19)26-24(31)28-22/h5-6,9-10,14-15,17,19,21-22H,7-8,11-13H2,1-4H3,(H,27,30)(H2,26,28,31)/t17-,19-,21-,22+/m0/s1. The fraction of sp³-hybridized carbons (Fsp3) is 0.625. The van der Waals surface area contributed by atoms with Gasteiger partial charge in [-0.25, -0.2) is 9.78 Å². The average molecular weight is 458 g/mol. The molecule has 174 valence electrons. The third-order valence-corrected chi connectivity index (χ3v) is 7.99. The summed E-state index contributed by atoms with van der Waals surface area (Å²) in [6, 6.07) is 8.75. The highest BCUT2D eigenvalue weighted by molar-refractivity contribution is 8.00. The molecule has 2 aliphatic rings. The number of aromatic nitrogens is 2. The summed E-state index contributed by atoms with van der Waals surface area (Å²) < 4.78 is 2.25. The molecule has 2 fully saturated rings. The number of hydrogen-bond donors (Lipinski definition) is 3. The van der Waals surface area contributed by atoms with Crippen molar-refractivity contribution in [3.63, 3.8) is 0 Å². The Morgan fingerprint density at radius 2 is 2.00 bits per heavy atom. The number of carbonyl (C=O) groups excluding carboxylic acids is 2. The number of unbranched alkanes of at least 4 members (excludes halogenated alkanes) is 1. The maximum atomic E-state index is 12.8. The zero-order valence-electron chi connectivity index (χ0n) is 19.4. The number of carbonyl (C=O) groups is 2. The molecule has 2 aliphatic heterocycles. The van der Waals surface area contributed by atoms with Crippen molar-refractivity contribution in [2.75, 3.05) is 5.75 Å². The molecule has 3 heterocycles. The number of para-hydroxylation sites is 2. The second-order valence-corrected chi connectivity index (χ2v) is 10.9. The minimum Gasteiger partial charge on any atom is -0.346 e. The molecule has 2 aromatic rings. The molecule has 0 unspecified atom stereocenters. The molecule has 32 heavy (non-hydrogen) atoms. The van der Waals surface area contributed by atoms with Crippen LogP contribution >= 0.6 is 11.8 Å². The molecule has 4 atom stereocenters. The number of benzene rings is 1. The maximum absolute atomic E-state index is 12.8. The molecule has 3 N–H and O–H groups in total. The number of hydrogen-bond acceptors (Lipinski definition) is 4. The molecule has 1 aromatic carbocycles. The van der Waals surface area contributed by atoms with Crippen LogP contribution < -0.4 is 16.0 Å². The van der Waals surface area contributed by atoms with Crippen LogP contribution in [0.4, 0.5) is 4.79 Å². The van der Waals surface area contributed by atoms with Crippen molar-refractivity contribution in [1.29, 1.82) is 0 Å². The molecule has 8 heteroatoms. The van der Waals surface area contributed by atoms with E-state index in [9.17, 15) is 9.59 Å². The van der Waals surface area contributed by atoms with Gasteiger partial charge in [-0.2, -0.15) is 11.8 Å². The van der Waals surface area contributed by atoms with Crippen molar-refractivity contribution >= 4 is 34.7 Å². The van der Waals surface area contributed by atoms with Crippen molar-refractivity contribution < 1.29 is 9.59 Å². The van der Waals surface area contributed by atoms with Crippen LogP contribution in [0, 0.1) is 5.92 Å². The summed E-state index contributed by atoms with van der Waals surface area (Å²) in [7, 11) is 0. The highest BCUT2D eigenvalue weighted by Gasteiger charge is 2.42. The lowest BCUT2D eigenvalue weighted by Gasteiger charge is -2.25. The zero-order valence-corrected chi connectivity index (χ0v) is 20.2. The lowest BCUT2D eigenvalue weighted by atomic mass is 10.0. The molecule has 4 rings (SSSR count). The van der Waals surface area contributed by atoms with Gasteiger partial charge >= 0.3 is 6.03 Å². The lowest BCUT2D eigenvalue weighted by Crippen LogP contribution is -2.36. The minimum atomic E-state index is -0.122. The van der Waals surface area contributed by atoms with Crippen LogP contribution in [-0.4, -0.2) is 44.6 Å². The molecule has 0 saturated carbocycles. The highest BCUT2D eigenvalue weighted by atomic mass is 32.2. The van der Waals surface area contributed by atoms with Crippen LogP contribution in [-0.2, 0) is 4.79 Å². The molecule has 7 nitrogen and oxygen atoms in total. The summed E-state index contributed by atoms with van der Waals surface area (Å²) in [6.45, 7) is 8.58. The number of nitrogens with one attached hydrogen (secondary N) is 3. The first-order chi connectivity index (χ1) is 15.3. The van der Waals surface area contributed by atoms with Gasteiger partial charge in [0.15, 0.2) is 0 Å². The third kappa shape index (κ3) is 4.75. The van der Waals surface area contributed by atoms with E-state index < -0.39 is 0 Å². The van der Waals surface area contributed by atoms with E-state index in [1.165, 1.54) is 0 Å². The molecule has 0 bridgehead atoms. The van der Waals surface area contributed by atoms with Crippen LogP contribution in [0.3, 0.4) is 0 Å². The first kappa shape index (κ1) is 23.0. The summed E-state index contributed by atoms with van der Waals surface area (Å²) in [5.74, 6) is 2.22. The summed E-state index contributed by atoms with van der Waals surface area (Å²) in [5, 5.41) is 9.73. The largest absolute Gasteiger partial charge is 0.346 e. The second kappa shape index (κ2) is 9.73. The number of nitrogens with zero attached hydrogens (tertiary/aromatic N) is 2. The second-order valence-electron chi connectivity index (χ2n) is 9.58. The van der Waals surface area contributed by atoms with E-state index in [4.69, 9.17) is 4.98 Å². The predicted molar refractivity (Wildman–Crippen MR) is 130 cm³/mol. The van der Waals surface area contributed by atoms with E-state index in [0.717, 1.165) is 41.9 Å². The Balaban J connectivity index is 1.34. The van der Waals surface area contributed by atoms with Crippen molar-refractivity contribution in [3.8, 4) is 0 Å².